The van der Waals surface area contributed by atoms with E-state index in [-0.39, 0.29) is 17.2 Å². The van der Waals surface area contributed by atoms with Gasteiger partial charge in [0.15, 0.2) is 4.32 Å². The summed E-state index contributed by atoms with van der Waals surface area (Å²) in [5.41, 5.74) is 3.43. The molecule has 1 aliphatic heterocycles. The highest BCUT2D eigenvalue weighted by Crippen LogP contribution is 2.60. The van der Waals surface area contributed by atoms with Gasteiger partial charge in [-0.2, -0.15) is 5.01 Å². The molecule has 6 rings (SSSR count). The van der Waals surface area contributed by atoms with Gasteiger partial charge in [0.05, 0.1) is 16.9 Å². The standard InChI is InChI=1S/C24H28N2O3S2/c1-2-7-29-19-6-4-3-5-18(19)11-20-21(27)26(23(30)31-20)25-22(28)24-12-15-8-16(13-24)10-17(9-15)14-24/h3-6,11,15-17H,2,7-10,12-14H2,1H3,(H,25,28)/b20-11+. The molecule has 5 fully saturated rings. The third-order valence-electron chi connectivity index (χ3n) is 7.19. The van der Waals surface area contributed by atoms with E-state index in [2.05, 4.69) is 12.3 Å². The highest BCUT2D eigenvalue weighted by molar-refractivity contribution is 8.26. The minimum Gasteiger partial charge on any atom is -0.493 e. The molecular weight excluding hydrogens is 428 g/mol. The molecule has 0 atom stereocenters. The summed E-state index contributed by atoms with van der Waals surface area (Å²) in [6.07, 6.45) is 9.41. The van der Waals surface area contributed by atoms with Gasteiger partial charge in [-0.15, -0.1) is 0 Å². The van der Waals surface area contributed by atoms with Crippen LogP contribution < -0.4 is 10.2 Å². The topological polar surface area (TPSA) is 58.6 Å². The minimum absolute atomic E-state index is 0.0178. The molecule has 0 aromatic heterocycles. The molecule has 0 radical (unpaired) electrons. The molecule has 4 aliphatic carbocycles. The Hall–Kier alpha value is -1.86. The fraction of sp³-hybridized carbons (Fsp3) is 0.542. The molecule has 1 N–H and O–H groups in total. The zero-order valence-electron chi connectivity index (χ0n) is 17.8. The maximum atomic E-state index is 13.4. The smallest absolute Gasteiger partial charge is 0.285 e. The predicted molar refractivity (Wildman–Crippen MR) is 126 cm³/mol. The van der Waals surface area contributed by atoms with Crippen LogP contribution in [-0.4, -0.2) is 27.8 Å². The predicted octanol–water partition coefficient (Wildman–Crippen LogP) is 4.92. The summed E-state index contributed by atoms with van der Waals surface area (Å²) in [6.45, 7) is 2.67. The number of thioether (sulfide) groups is 1. The van der Waals surface area contributed by atoms with E-state index in [1.165, 1.54) is 36.0 Å². The molecule has 5 aliphatic rings. The first-order valence-electron chi connectivity index (χ1n) is 11.3. The molecule has 1 aromatic rings. The molecule has 164 valence electrons. The molecule has 1 saturated heterocycles. The van der Waals surface area contributed by atoms with E-state index in [9.17, 15) is 9.59 Å². The van der Waals surface area contributed by atoms with Crippen molar-refractivity contribution in [1.82, 2.24) is 10.4 Å². The normalized spacial score (nSPS) is 32.7. The summed E-state index contributed by atoms with van der Waals surface area (Å²) >= 11 is 6.68. The molecule has 4 bridgehead atoms. The second-order valence-corrected chi connectivity index (χ2v) is 11.2. The first-order chi connectivity index (χ1) is 15.0. The van der Waals surface area contributed by atoms with Gasteiger partial charge in [0.25, 0.3) is 5.91 Å². The average Bonchev–Trinajstić information content (AvgIpc) is 2.99. The second kappa shape index (κ2) is 8.24. The van der Waals surface area contributed by atoms with Crippen molar-refractivity contribution in [3.63, 3.8) is 0 Å². The lowest BCUT2D eigenvalue weighted by atomic mass is 9.49. The second-order valence-electron chi connectivity index (χ2n) is 9.54. The zero-order chi connectivity index (χ0) is 21.6. The van der Waals surface area contributed by atoms with Gasteiger partial charge in [-0.1, -0.05) is 36.9 Å². The average molecular weight is 457 g/mol. The number of carbonyl (C=O) groups is 2. The molecule has 1 aromatic carbocycles. The number of nitrogens with zero attached hydrogens (tertiary/aromatic N) is 1. The first-order valence-corrected chi connectivity index (χ1v) is 12.5. The Balaban J connectivity index is 1.32. The monoisotopic (exact) mass is 456 g/mol. The van der Waals surface area contributed by atoms with Crippen molar-refractivity contribution in [2.45, 2.75) is 51.9 Å². The SMILES string of the molecule is CCCOc1ccccc1/C=C1/SC(=S)N(NC(=O)C23CC4CC(CC(C4)C2)C3)C1=O. The lowest BCUT2D eigenvalue weighted by Crippen LogP contribution is -2.57. The van der Waals surface area contributed by atoms with E-state index in [0.29, 0.717) is 33.6 Å². The third-order valence-corrected chi connectivity index (χ3v) is 8.50. The van der Waals surface area contributed by atoms with Gasteiger partial charge in [-0.3, -0.25) is 15.0 Å². The lowest BCUT2D eigenvalue weighted by Gasteiger charge is -2.55. The summed E-state index contributed by atoms with van der Waals surface area (Å²) in [5.74, 6) is 2.47. The summed E-state index contributed by atoms with van der Waals surface area (Å²) in [4.78, 5) is 27.0. The van der Waals surface area contributed by atoms with Crippen LogP contribution in [-0.2, 0) is 9.59 Å². The summed E-state index contributed by atoms with van der Waals surface area (Å²) in [6, 6.07) is 7.65. The number of benzene rings is 1. The van der Waals surface area contributed by atoms with E-state index in [0.717, 1.165) is 37.0 Å². The van der Waals surface area contributed by atoms with E-state index in [1.807, 2.05) is 24.3 Å². The maximum absolute atomic E-state index is 13.4. The molecule has 2 amide bonds. The van der Waals surface area contributed by atoms with Gasteiger partial charge in [0, 0.05) is 5.56 Å². The fourth-order valence-corrected chi connectivity index (χ4v) is 7.43. The quantitative estimate of drug-likeness (QED) is 0.486. The van der Waals surface area contributed by atoms with Crippen LogP contribution in [0.1, 0.15) is 57.4 Å². The Labute approximate surface area is 192 Å². The molecule has 4 saturated carbocycles. The number of carbonyl (C=O) groups excluding carboxylic acids is 2. The van der Waals surface area contributed by atoms with E-state index in [4.69, 9.17) is 17.0 Å². The van der Waals surface area contributed by atoms with Crippen molar-refractivity contribution in [3.05, 3.63) is 34.7 Å². The van der Waals surface area contributed by atoms with Gasteiger partial charge in [-0.05, 0) is 87.1 Å². The molecule has 5 nitrogen and oxygen atoms in total. The number of hydrazine groups is 1. The number of hydrogen-bond acceptors (Lipinski definition) is 5. The van der Waals surface area contributed by atoms with Crippen LogP contribution in [0.5, 0.6) is 5.75 Å². The van der Waals surface area contributed by atoms with Gasteiger partial charge >= 0.3 is 0 Å². The molecule has 31 heavy (non-hydrogen) atoms. The highest BCUT2D eigenvalue weighted by Gasteiger charge is 2.55. The van der Waals surface area contributed by atoms with Gasteiger partial charge in [0.2, 0.25) is 5.91 Å². The fourth-order valence-electron chi connectivity index (χ4n) is 6.26. The third kappa shape index (κ3) is 3.91. The summed E-state index contributed by atoms with van der Waals surface area (Å²) < 4.78 is 6.18. The summed E-state index contributed by atoms with van der Waals surface area (Å²) in [5, 5.41) is 1.28. The maximum Gasteiger partial charge on any atom is 0.285 e. The van der Waals surface area contributed by atoms with Crippen molar-refractivity contribution in [2.24, 2.45) is 23.2 Å². The molecule has 0 spiro atoms. The minimum atomic E-state index is -0.317. The van der Waals surface area contributed by atoms with Crippen LogP contribution in [0.15, 0.2) is 29.2 Å². The molecule has 0 unspecified atom stereocenters. The van der Waals surface area contributed by atoms with Crippen molar-refractivity contribution >= 4 is 46.2 Å². The highest BCUT2D eigenvalue weighted by atomic mass is 32.2. The Morgan fingerprint density at radius 1 is 1.23 bits per heavy atom. The van der Waals surface area contributed by atoms with E-state index < -0.39 is 0 Å². The molecular formula is C24H28N2O3S2. The van der Waals surface area contributed by atoms with Crippen LogP contribution in [0, 0.1) is 23.2 Å². The van der Waals surface area contributed by atoms with Crippen LogP contribution >= 0.6 is 24.0 Å². The molecule has 7 heteroatoms. The Kier molecular flexibility index (Phi) is 5.59. The van der Waals surface area contributed by atoms with Crippen LogP contribution in [0.25, 0.3) is 6.08 Å². The number of nitrogens with one attached hydrogen (secondary N) is 1. The van der Waals surface area contributed by atoms with Crippen molar-refractivity contribution in [2.75, 3.05) is 6.61 Å². The first kappa shape index (κ1) is 21.0. The number of thiocarbonyl (C=S) groups is 1. The van der Waals surface area contributed by atoms with Crippen LogP contribution in [0.4, 0.5) is 0 Å². The number of ether oxygens (including phenoxy) is 1. The van der Waals surface area contributed by atoms with Crippen LogP contribution in [0.3, 0.4) is 0 Å². The summed E-state index contributed by atoms with van der Waals surface area (Å²) in [7, 11) is 0. The Bertz CT molecular complexity index is 923. The Morgan fingerprint density at radius 3 is 2.52 bits per heavy atom. The number of amides is 2. The largest absolute Gasteiger partial charge is 0.493 e. The zero-order valence-corrected chi connectivity index (χ0v) is 19.4. The Morgan fingerprint density at radius 2 is 1.87 bits per heavy atom. The van der Waals surface area contributed by atoms with Crippen LogP contribution in [0.2, 0.25) is 0 Å². The number of hydrogen-bond donors (Lipinski definition) is 1. The number of rotatable bonds is 6. The van der Waals surface area contributed by atoms with Crippen molar-refractivity contribution in [1.29, 1.82) is 0 Å². The number of para-hydroxylation sites is 1. The van der Waals surface area contributed by atoms with Gasteiger partial charge < -0.3 is 4.74 Å². The lowest BCUT2D eigenvalue weighted by molar-refractivity contribution is -0.152. The van der Waals surface area contributed by atoms with Gasteiger partial charge in [0.1, 0.15) is 5.75 Å². The van der Waals surface area contributed by atoms with E-state index >= 15 is 0 Å². The molecule has 1 heterocycles. The van der Waals surface area contributed by atoms with Gasteiger partial charge in [-0.25, -0.2) is 0 Å². The van der Waals surface area contributed by atoms with E-state index in [1.54, 1.807) is 6.08 Å². The van der Waals surface area contributed by atoms with Crippen molar-refractivity contribution in [3.8, 4) is 5.75 Å². The van der Waals surface area contributed by atoms with Crippen molar-refractivity contribution < 1.29 is 14.3 Å².